The van der Waals surface area contributed by atoms with Gasteiger partial charge in [-0.15, -0.1) is 0 Å². The van der Waals surface area contributed by atoms with Gasteiger partial charge in [-0.1, -0.05) is 0 Å². The zero-order valence-corrected chi connectivity index (χ0v) is 10.6. The van der Waals surface area contributed by atoms with Gasteiger partial charge in [0.2, 0.25) is 0 Å². The molecule has 1 rings (SSSR count). The number of benzene rings is 1. The van der Waals surface area contributed by atoms with Crippen molar-refractivity contribution in [2.75, 3.05) is 0 Å². The number of carboxylic acid groups (broad SMARTS) is 3. The van der Waals surface area contributed by atoms with Crippen LogP contribution in [0.3, 0.4) is 0 Å². The molecule has 0 saturated carbocycles. The summed E-state index contributed by atoms with van der Waals surface area (Å²) in [5, 5.41) is 25.8. The Kier molecular flexibility index (Phi) is 8.17. The average molecular weight is 380 g/mol. The summed E-state index contributed by atoms with van der Waals surface area (Å²) in [5.41, 5.74) is -1.10. The molecule has 5 N–H and O–H groups in total. The Morgan fingerprint density at radius 1 is 0.706 bits per heavy atom. The van der Waals surface area contributed by atoms with Crippen molar-refractivity contribution in [2.24, 2.45) is 0 Å². The molecule has 1 aromatic carbocycles. The van der Waals surface area contributed by atoms with Crippen molar-refractivity contribution in [2.45, 2.75) is 0 Å². The Morgan fingerprint density at radius 2 is 0.882 bits per heavy atom. The number of carbonyl (C=O) groups is 3. The zero-order valence-electron chi connectivity index (χ0n) is 8.18. The van der Waals surface area contributed by atoms with Crippen LogP contribution in [-0.2, 0) is 0 Å². The normalized spacial score (nSPS) is 8.47. The van der Waals surface area contributed by atoms with E-state index >= 15 is 0 Å². The molecule has 1 aromatic rings. The van der Waals surface area contributed by atoms with Crippen LogP contribution in [0.15, 0.2) is 18.2 Å². The van der Waals surface area contributed by atoms with Gasteiger partial charge in [-0.2, -0.15) is 0 Å². The summed E-state index contributed by atoms with van der Waals surface area (Å²) in [6.45, 7) is 0. The van der Waals surface area contributed by atoms with E-state index in [9.17, 15) is 14.4 Å². The van der Waals surface area contributed by atoms with Gasteiger partial charge in [0.15, 0.2) is 0 Å². The van der Waals surface area contributed by atoms with E-state index in [-0.39, 0.29) is 71.5 Å². The monoisotopic (exact) mass is 381 g/mol. The number of hydrogen-bond donors (Lipinski definition) is 3. The molecule has 0 saturated heterocycles. The van der Waals surface area contributed by atoms with Crippen LogP contribution in [0.1, 0.15) is 31.1 Å². The third-order valence-electron chi connectivity index (χ3n) is 1.67. The second-order valence-corrected chi connectivity index (χ2v) is 2.71. The van der Waals surface area contributed by atoms with Crippen LogP contribution in [0.5, 0.6) is 0 Å². The van der Waals surface area contributed by atoms with Crippen LogP contribution in [0.25, 0.3) is 0 Å². The van der Waals surface area contributed by atoms with Gasteiger partial charge >= 0.3 is 17.9 Å². The quantitative estimate of drug-likeness (QED) is 0.671. The first kappa shape index (κ1) is 18.5. The molecule has 0 fully saturated rings. The summed E-state index contributed by atoms with van der Waals surface area (Å²) in [6, 6.07) is 2.70. The van der Waals surface area contributed by atoms with Gasteiger partial charge < -0.3 is 20.8 Å². The summed E-state index contributed by atoms with van der Waals surface area (Å²) in [7, 11) is 0. The van der Waals surface area contributed by atoms with Gasteiger partial charge in [-0.05, 0) is 18.2 Å². The topological polar surface area (TPSA) is 143 Å². The summed E-state index contributed by atoms with van der Waals surface area (Å²) >= 11 is 0. The van der Waals surface area contributed by atoms with Crippen molar-refractivity contribution in [3.8, 4) is 0 Å². The van der Waals surface area contributed by atoms with Gasteiger partial charge in [0.1, 0.15) is 0 Å². The van der Waals surface area contributed by atoms with E-state index < -0.39 is 17.9 Å². The van der Waals surface area contributed by atoms with E-state index in [4.69, 9.17) is 15.3 Å². The maximum atomic E-state index is 10.6. The molecule has 8 heteroatoms. The number of carboxylic acids is 3. The van der Waals surface area contributed by atoms with Crippen LogP contribution >= 0.6 is 0 Å². The van der Waals surface area contributed by atoms with E-state index in [2.05, 4.69) is 0 Å². The van der Waals surface area contributed by atoms with Crippen LogP contribution in [0, 0.1) is 49.4 Å². The first-order valence-corrected chi connectivity index (χ1v) is 3.77. The van der Waals surface area contributed by atoms with Crippen molar-refractivity contribution in [1.82, 2.24) is 0 Å². The molecule has 1 radical (unpaired) electrons. The van der Waals surface area contributed by atoms with Crippen molar-refractivity contribution in [1.29, 1.82) is 0 Å². The summed E-state index contributed by atoms with van der Waals surface area (Å²) in [6.07, 6.45) is 0. The van der Waals surface area contributed by atoms with Crippen molar-refractivity contribution in [3.05, 3.63) is 34.9 Å². The number of hydrogen-bond acceptors (Lipinski definition) is 3. The molecular weight excluding hydrogens is 372 g/mol. The standard InChI is InChI=1S/C9H6O6.Eu.H2O/c10-7(11)4-1-5(8(12)13)3-6(2-4)9(14)15;;/h1-3H,(H,10,11)(H,12,13)(H,14,15);;1H2. The molecule has 93 valence electrons. The van der Waals surface area contributed by atoms with E-state index in [1.165, 1.54) is 0 Å². The summed E-state index contributed by atoms with van der Waals surface area (Å²) < 4.78 is 0. The van der Waals surface area contributed by atoms with Crippen LogP contribution < -0.4 is 0 Å². The second kappa shape index (κ2) is 7.49. The van der Waals surface area contributed by atoms with Crippen molar-refractivity contribution < 1.29 is 84.6 Å². The van der Waals surface area contributed by atoms with Crippen LogP contribution in [0.2, 0.25) is 0 Å². The van der Waals surface area contributed by atoms with Crippen LogP contribution in [0.4, 0.5) is 0 Å². The van der Waals surface area contributed by atoms with Crippen molar-refractivity contribution >= 4 is 17.9 Å². The zero-order chi connectivity index (χ0) is 11.6. The fourth-order valence-electron chi connectivity index (χ4n) is 0.998. The van der Waals surface area contributed by atoms with Crippen molar-refractivity contribution in [3.63, 3.8) is 0 Å². The first-order chi connectivity index (χ1) is 6.91. The maximum absolute atomic E-state index is 10.6. The predicted molar refractivity (Wildman–Crippen MR) is 50.9 cm³/mol. The first-order valence-electron chi connectivity index (χ1n) is 3.77. The molecule has 0 spiro atoms. The molecule has 0 aromatic heterocycles. The molecule has 7 nitrogen and oxygen atoms in total. The fourth-order valence-corrected chi connectivity index (χ4v) is 0.998. The van der Waals surface area contributed by atoms with Gasteiger partial charge in [-0.25, -0.2) is 14.4 Å². The maximum Gasteiger partial charge on any atom is 0.335 e. The molecule has 17 heavy (non-hydrogen) atoms. The van der Waals surface area contributed by atoms with E-state index in [0.29, 0.717) is 0 Å². The smallest absolute Gasteiger partial charge is 0.335 e. The third-order valence-corrected chi connectivity index (χ3v) is 1.67. The summed E-state index contributed by atoms with van der Waals surface area (Å²) in [4.78, 5) is 31.7. The van der Waals surface area contributed by atoms with E-state index in [1.54, 1.807) is 0 Å². The molecule has 0 bridgehead atoms. The summed E-state index contributed by atoms with van der Waals surface area (Å²) in [5.74, 6) is -4.12. The minimum absolute atomic E-state index is 0. The van der Waals surface area contributed by atoms with Gasteiger partial charge in [0.05, 0.1) is 16.7 Å². The Balaban J connectivity index is 0. The molecule has 0 amide bonds. The Bertz CT molecular complexity index is 376. The van der Waals surface area contributed by atoms with E-state index in [0.717, 1.165) is 18.2 Å². The van der Waals surface area contributed by atoms with Gasteiger partial charge in [0, 0.05) is 49.4 Å². The minimum Gasteiger partial charge on any atom is -0.478 e. The minimum atomic E-state index is -1.37. The molecular formula is C9H8EuO7. The molecule has 0 aliphatic heterocycles. The predicted octanol–water partition coefficient (Wildman–Crippen LogP) is -0.0435. The largest absolute Gasteiger partial charge is 0.478 e. The Morgan fingerprint density at radius 3 is 1.00 bits per heavy atom. The molecule has 0 unspecified atom stereocenters. The number of aromatic carboxylic acids is 3. The molecule has 0 heterocycles. The SMILES string of the molecule is O.O=C(O)c1cc(C(=O)O)cc(C(=O)O)c1.[Eu]. The average Bonchev–Trinajstić information content (AvgIpc) is 2.16. The number of rotatable bonds is 3. The van der Waals surface area contributed by atoms with Gasteiger partial charge in [0.25, 0.3) is 0 Å². The fraction of sp³-hybridized carbons (Fsp3) is 0. The third kappa shape index (κ3) is 4.90. The van der Waals surface area contributed by atoms with Crippen LogP contribution in [-0.4, -0.2) is 38.7 Å². The van der Waals surface area contributed by atoms with Gasteiger partial charge in [-0.3, -0.25) is 0 Å². The van der Waals surface area contributed by atoms with E-state index in [1.807, 2.05) is 0 Å². The Labute approximate surface area is 136 Å². The second-order valence-electron chi connectivity index (χ2n) is 2.71. The molecule has 0 aliphatic rings. The molecule has 0 atom stereocenters. The molecule has 0 aliphatic carbocycles. The Hall–Kier alpha value is -0.826.